The molecule has 0 bridgehead atoms. The van der Waals surface area contributed by atoms with Crippen LogP contribution in [0.15, 0.2) is 29.4 Å². The summed E-state index contributed by atoms with van der Waals surface area (Å²) in [5, 5.41) is 12.4. The molecular weight excluding hydrogens is 231 g/mol. The Bertz CT molecular complexity index is 538. The third kappa shape index (κ3) is 2.18. The van der Waals surface area contributed by atoms with Gasteiger partial charge in [-0.2, -0.15) is 18.4 Å². The molecular formula is C11H7F3N3+. The van der Waals surface area contributed by atoms with Crippen molar-refractivity contribution in [3.8, 4) is 6.07 Å². The minimum Gasteiger partial charge on any atom is -0.197 e. The maximum atomic E-state index is 12.7. The largest absolute Gasteiger partial charge is 0.422 e. The van der Waals surface area contributed by atoms with Gasteiger partial charge >= 0.3 is 6.18 Å². The summed E-state index contributed by atoms with van der Waals surface area (Å²) in [7, 11) is 0. The van der Waals surface area contributed by atoms with Crippen LogP contribution in [0, 0.1) is 17.2 Å². The Labute approximate surface area is 95.1 Å². The van der Waals surface area contributed by atoms with Crippen LogP contribution in [0.3, 0.4) is 0 Å². The van der Waals surface area contributed by atoms with Gasteiger partial charge in [-0.05, 0) is 11.2 Å². The summed E-state index contributed by atoms with van der Waals surface area (Å²) < 4.78 is 39.3. The van der Waals surface area contributed by atoms with E-state index in [1.54, 1.807) is 0 Å². The average molecular weight is 238 g/mol. The van der Waals surface area contributed by atoms with Gasteiger partial charge in [0.2, 0.25) is 11.9 Å². The summed E-state index contributed by atoms with van der Waals surface area (Å²) in [4.78, 5) is 0. The molecule has 2 rings (SSSR count). The van der Waals surface area contributed by atoms with Gasteiger partial charge in [0, 0.05) is 6.07 Å². The van der Waals surface area contributed by atoms with Crippen LogP contribution in [0.5, 0.6) is 0 Å². The molecule has 0 aromatic heterocycles. The van der Waals surface area contributed by atoms with Crippen LogP contribution in [0.4, 0.5) is 18.9 Å². The molecule has 86 valence electrons. The number of nitrogens with zero attached hydrogens (tertiary/aromatic N) is 3. The Balaban J connectivity index is 2.49. The predicted molar refractivity (Wildman–Crippen MR) is 55.0 cm³/mol. The lowest BCUT2D eigenvalue weighted by Crippen LogP contribution is -2.10. The van der Waals surface area contributed by atoms with Crippen molar-refractivity contribution in [1.29, 1.82) is 5.26 Å². The number of benzene rings is 1. The molecule has 0 saturated carbocycles. The lowest BCUT2D eigenvalue weighted by atomic mass is 10.1. The second-order valence-corrected chi connectivity index (χ2v) is 3.43. The molecule has 0 spiro atoms. The van der Waals surface area contributed by atoms with E-state index in [9.17, 15) is 13.2 Å². The van der Waals surface area contributed by atoms with Crippen molar-refractivity contribution in [2.75, 3.05) is 0 Å². The zero-order chi connectivity index (χ0) is 12.5. The lowest BCUT2D eigenvalue weighted by molar-refractivity contribution is -0.439. The molecule has 3 nitrogen and oxygen atoms in total. The second-order valence-electron chi connectivity index (χ2n) is 3.43. The van der Waals surface area contributed by atoms with Crippen LogP contribution >= 0.6 is 0 Å². The Kier molecular flexibility index (Phi) is 2.68. The standard InChI is InChI=1S/C11H7F3N3/c12-11(13,14)9-3-1-2-4-10(9)17-7-8(5-15)6-16-17/h1-4,6-8H/q+1. The molecule has 0 radical (unpaired) electrons. The van der Waals surface area contributed by atoms with E-state index in [1.807, 2.05) is 6.07 Å². The van der Waals surface area contributed by atoms with Gasteiger partial charge in [0.1, 0.15) is 5.56 Å². The van der Waals surface area contributed by atoms with E-state index in [0.717, 1.165) is 10.8 Å². The number of alkyl halides is 3. The average Bonchev–Trinajstić information content (AvgIpc) is 2.76. The first kappa shape index (κ1) is 11.3. The number of rotatable bonds is 1. The molecule has 0 saturated heterocycles. The van der Waals surface area contributed by atoms with Crippen LogP contribution in [0.1, 0.15) is 5.56 Å². The summed E-state index contributed by atoms with van der Waals surface area (Å²) in [6.45, 7) is 0. The fourth-order valence-electron chi connectivity index (χ4n) is 1.50. The molecule has 1 aliphatic heterocycles. The molecule has 1 aliphatic rings. The molecule has 1 unspecified atom stereocenters. The number of hydrazone groups is 1. The summed E-state index contributed by atoms with van der Waals surface area (Å²) in [5.74, 6) is -0.587. The van der Waals surface area contributed by atoms with Gasteiger partial charge < -0.3 is 0 Å². The van der Waals surface area contributed by atoms with E-state index in [2.05, 4.69) is 5.10 Å². The summed E-state index contributed by atoms with van der Waals surface area (Å²) in [6.07, 6.45) is -1.80. The molecule has 17 heavy (non-hydrogen) atoms. The molecule has 0 N–H and O–H groups in total. The highest BCUT2D eigenvalue weighted by molar-refractivity contribution is 5.87. The number of para-hydroxylation sites is 1. The van der Waals surface area contributed by atoms with E-state index in [1.165, 1.54) is 30.6 Å². The van der Waals surface area contributed by atoms with Crippen molar-refractivity contribution in [1.82, 2.24) is 0 Å². The third-order valence-corrected chi connectivity index (χ3v) is 2.26. The normalized spacial score (nSPS) is 18.9. The van der Waals surface area contributed by atoms with Crippen LogP contribution < -0.4 is 0 Å². The molecule has 1 heterocycles. The Morgan fingerprint density at radius 2 is 2.00 bits per heavy atom. The molecule has 6 heteroatoms. The summed E-state index contributed by atoms with van der Waals surface area (Å²) in [5.41, 5.74) is -0.846. The Morgan fingerprint density at radius 1 is 1.29 bits per heavy atom. The van der Waals surface area contributed by atoms with Crippen molar-refractivity contribution in [2.45, 2.75) is 6.18 Å². The number of hydrogen-bond acceptors (Lipinski definition) is 2. The van der Waals surface area contributed by atoms with Gasteiger partial charge in [-0.1, -0.05) is 16.8 Å². The van der Waals surface area contributed by atoms with Gasteiger partial charge in [0.25, 0.3) is 0 Å². The highest BCUT2D eigenvalue weighted by Crippen LogP contribution is 2.36. The predicted octanol–water partition coefficient (Wildman–Crippen LogP) is 2.56. The molecule has 0 aliphatic carbocycles. The van der Waals surface area contributed by atoms with Gasteiger partial charge in [0.15, 0.2) is 5.92 Å². The second kappa shape index (κ2) is 4.01. The van der Waals surface area contributed by atoms with Gasteiger partial charge in [-0.15, -0.1) is 0 Å². The number of nitriles is 1. The summed E-state index contributed by atoms with van der Waals surface area (Å²) in [6, 6.07) is 7.00. The van der Waals surface area contributed by atoms with E-state index in [-0.39, 0.29) is 5.69 Å². The van der Waals surface area contributed by atoms with E-state index in [4.69, 9.17) is 5.26 Å². The third-order valence-electron chi connectivity index (χ3n) is 2.26. The van der Waals surface area contributed by atoms with Crippen molar-refractivity contribution < 1.29 is 17.9 Å². The van der Waals surface area contributed by atoms with E-state index in [0.29, 0.717) is 0 Å². The SMILES string of the molecule is N#CC1C=N[N+](c2ccccc2C(F)(F)F)=C1. The first-order valence-corrected chi connectivity index (χ1v) is 4.76. The zero-order valence-electron chi connectivity index (χ0n) is 8.52. The lowest BCUT2D eigenvalue weighted by Gasteiger charge is -2.06. The maximum absolute atomic E-state index is 12.7. The minimum absolute atomic E-state index is 0.0750. The van der Waals surface area contributed by atoms with Gasteiger partial charge in [-0.25, -0.2) is 0 Å². The monoisotopic (exact) mass is 238 g/mol. The number of halogens is 3. The fourth-order valence-corrected chi connectivity index (χ4v) is 1.50. The van der Waals surface area contributed by atoms with E-state index >= 15 is 0 Å². The van der Waals surface area contributed by atoms with Crippen LogP contribution in [0.2, 0.25) is 0 Å². The van der Waals surface area contributed by atoms with Crippen LogP contribution in [-0.4, -0.2) is 17.1 Å². The molecule has 0 amide bonds. The van der Waals surface area contributed by atoms with Crippen LogP contribution in [-0.2, 0) is 6.18 Å². The van der Waals surface area contributed by atoms with Crippen molar-refractivity contribution in [3.05, 3.63) is 29.8 Å². The van der Waals surface area contributed by atoms with Crippen LogP contribution in [0.25, 0.3) is 0 Å². The number of hydrogen-bond donors (Lipinski definition) is 0. The first-order chi connectivity index (χ1) is 8.02. The zero-order valence-corrected chi connectivity index (χ0v) is 8.52. The van der Waals surface area contributed by atoms with Crippen molar-refractivity contribution in [2.24, 2.45) is 11.0 Å². The quantitative estimate of drug-likeness (QED) is 0.693. The Morgan fingerprint density at radius 3 is 2.59 bits per heavy atom. The Hall–Kier alpha value is -2.16. The van der Waals surface area contributed by atoms with Gasteiger partial charge in [-0.3, -0.25) is 0 Å². The minimum atomic E-state index is -4.44. The smallest absolute Gasteiger partial charge is 0.197 e. The topological polar surface area (TPSA) is 39.2 Å². The van der Waals surface area contributed by atoms with Crippen molar-refractivity contribution >= 4 is 18.1 Å². The summed E-state index contributed by atoms with van der Waals surface area (Å²) >= 11 is 0. The highest BCUT2D eigenvalue weighted by atomic mass is 19.4. The first-order valence-electron chi connectivity index (χ1n) is 4.76. The van der Waals surface area contributed by atoms with Crippen molar-refractivity contribution in [3.63, 3.8) is 0 Å². The highest BCUT2D eigenvalue weighted by Gasteiger charge is 2.38. The maximum Gasteiger partial charge on any atom is 0.422 e. The molecule has 1 aromatic rings. The van der Waals surface area contributed by atoms with E-state index < -0.39 is 17.7 Å². The van der Waals surface area contributed by atoms with Gasteiger partial charge in [0.05, 0.1) is 12.3 Å². The molecule has 1 atom stereocenters. The molecule has 0 fully saturated rings. The molecule has 1 aromatic carbocycles. The fraction of sp³-hybridized carbons (Fsp3) is 0.182.